The molecule has 0 spiro atoms. The first kappa shape index (κ1) is 14.5. The average molecular weight is 290 g/mol. The maximum absolute atomic E-state index is 11.8. The first-order valence-electron chi connectivity index (χ1n) is 7.47. The number of aliphatic hydroxyl groups is 1. The number of nitrogens with zero attached hydrogens (tertiary/aromatic N) is 2. The summed E-state index contributed by atoms with van der Waals surface area (Å²) in [6, 6.07) is 8.25. The molecule has 1 saturated heterocycles. The van der Waals surface area contributed by atoms with Crippen LogP contribution in [0.15, 0.2) is 24.3 Å². The smallest absolute Gasteiger partial charge is 0.248 e. The number of piperazine rings is 1. The van der Waals surface area contributed by atoms with Crippen molar-refractivity contribution in [3.05, 3.63) is 35.4 Å². The minimum absolute atomic E-state index is 0.0485. The molecule has 1 aromatic carbocycles. The van der Waals surface area contributed by atoms with E-state index in [1.165, 1.54) is 5.56 Å². The van der Waals surface area contributed by atoms with Crippen LogP contribution in [0.5, 0.6) is 0 Å². The van der Waals surface area contributed by atoms with Crippen molar-refractivity contribution < 1.29 is 14.6 Å². The van der Waals surface area contributed by atoms with E-state index in [1.54, 1.807) is 7.11 Å². The van der Waals surface area contributed by atoms with Gasteiger partial charge in [0.05, 0.1) is 6.10 Å². The lowest BCUT2D eigenvalue weighted by molar-refractivity contribution is -0.137. The summed E-state index contributed by atoms with van der Waals surface area (Å²) in [6.07, 6.45) is 0.478. The van der Waals surface area contributed by atoms with Gasteiger partial charge in [0.2, 0.25) is 5.91 Å². The number of aliphatic hydroxyl groups excluding tert-OH is 1. The number of carbonyl (C=O) groups excluding carboxylic acids is 1. The Balaban J connectivity index is 1.60. The van der Waals surface area contributed by atoms with Crippen LogP contribution in [0.4, 0.5) is 0 Å². The van der Waals surface area contributed by atoms with E-state index in [2.05, 4.69) is 11.0 Å². The van der Waals surface area contributed by atoms with Gasteiger partial charge >= 0.3 is 0 Å². The van der Waals surface area contributed by atoms with E-state index >= 15 is 0 Å². The summed E-state index contributed by atoms with van der Waals surface area (Å²) in [7, 11) is 1.54. The van der Waals surface area contributed by atoms with Crippen molar-refractivity contribution in [2.75, 3.05) is 39.9 Å². The van der Waals surface area contributed by atoms with Crippen LogP contribution in [0.1, 0.15) is 17.2 Å². The van der Waals surface area contributed by atoms with E-state index in [0.717, 1.165) is 25.1 Å². The van der Waals surface area contributed by atoms with Crippen LogP contribution in [0.25, 0.3) is 0 Å². The Morgan fingerprint density at radius 2 is 2.00 bits per heavy atom. The summed E-state index contributed by atoms with van der Waals surface area (Å²) in [5.74, 6) is 0.0485. The van der Waals surface area contributed by atoms with Gasteiger partial charge in [-0.15, -0.1) is 0 Å². The second-order valence-corrected chi connectivity index (χ2v) is 5.76. The van der Waals surface area contributed by atoms with Crippen LogP contribution >= 0.6 is 0 Å². The van der Waals surface area contributed by atoms with Gasteiger partial charge < -0.3 is 14.7 Å². The number of methoxy groups -OCH3 is 1. The summed E-state index contributed by atoms with van der Waals surface area (Å²) in [6.45, 7) is 3.19. The highest BCUT2D eigenvalue weighted by Gasteiger charge is 2.36. The third-order valence-corrected chi connectivity index (χ3v) is 4.57. The predicted molar refractivity (Wildman–Crippen MR) is 78.9 cm³/mol. The summed E-state index contributed by atoms with van der Waals surface area (Å²) < 4.78 is 4.90. The van der Waals surface area contributed by atoms with Crippen LogP contribution in [-0.4, -0.2) is 66.8 Å². The maximum Gasteiger partial charge on any atom is 0.248 e. The Labute approximate surface area is 125 Å². The van der Waals surface area contributed by atoms with E-state index in [-0.39, 0.29) is 18.6 Å². The molecule has 2 atom stereocenters. The fraction of sp³-hybridized carbons (Fsp3) is 0.562. The van der Waals surface area contributed by atoms with Gasteiger partial charge in [0.25, 0.3) is 0 Å². The molecule has 1 fully saturated rings. The molecular formula is C16H22N2O3. The minimum atomic E-state index is -0.414. The number of benzene rings is 1. The fourth-order valence-corrected chi connectivity index (χ4v) is 3.40. The largest absolute Gasteiger partial charge is 0.387 e. The Morgan fingerprint density at radius 1 is 1.29 bits per heavy atom. The molecule has 1 amide bonds. The van der Waals surface area contributed by atoms with E-state index in [0.29, 0.717) is 13.1 Å². The van der Waals surface area contributed by atoms with Gasteiger partial charge in [-0.05, 0) is 17.5 Å². The quantitative estimate of drug-likeness (QED) is 0.877. The summed E-state index contributed by atoms with van der Waals surface area (Å²) in [5.41, 5.74) is 2.30. The molecule has 0 aromatic heterocycles. The Morgan fingerprint density at radius 3 is 2.67 bits per heavy atom. The molecule has 1 aromatic rings. The van der Waals surface area contributed by atoms with Gasteiger partial charge in [0, 0.05) is 39.3 Å². The summed E-state index contributed by atoms with van der Waals surface area (Å²) in [4.78, 5) is 16.0. The highest BCUT2D eigenvalue weighted by Crippen LogP contribution is 2.34. The van der Waals surface area contributed by atoms with E-state index in [9.17, 15) is 9.90 Å². The molecule has 1 aliphatic carbocycles. The van der Waals surface area contributed by atoms with E-state index in [4.69, 9.17) is 4.74 Å². The zero-order valence-corrected chi connectivity index (χ0v) is 12.4. The Bertz CT molecular complexity index is 512. The summed E-state index contributed by atoms with van der Waals surface area (Å²) >= 11 is 0. The summed E-state index contributed by atoms with van der Waals surface area (Å²) in [5, 5.41) is 10.5. The zero-order chi connectivity index (χ0) is 14.8. The lowest BCUT2D eigenvalue weighted by Gasteiger charge is -2.39. The predicted octanol–water partition coefficient (Wildman–Crippen LogP) is 0.435. The standard InChI is InChI=1S/C16H22N2O3/c1-21-11-15(19)18-8-6-17(7-9-18)14-10-12-4-2-3-5-13(12)16(14)20/h2-5,14,16,20H,6-11H2,1H3. The second-order valence-electron chi connectivity index (χ2n) is 5.76. The molecule has 3 rings (SSSR count). The van der Waals surface area contributed by atoms with Crippen LogP contribution in [0.2, 0.25) is 0 Å². The number of ether oxygens (including phenoxy) is 1. The number of hydrogen-bond donors (Lipinski definition) is 1. The molecule has 2 unspecified atom stereocenters. The zero-order valence-electron chi connectivity index (χ0n) is 12.4. The number of carbonyl (C=O) groups is 1. The van der Waals surface area contributed by atoms with Crippen molar-refractivity contribution in [1.82, 2.24) is 9.80 Å². The third-order valence-electron chi connectivity index (χ3n) is 4.57. The van der Waals surface area contributed by atoms with Crippen molar-refractivity contribution >= 4 is 5.91 Å². The van der Waals surface area contributed by atoms with Crippen LogP contribution < -0.4 is 0 Å². The molecule has 1 N–H and O–H groups in total. The lowest BCUT2D eigenvalue weighted by Crippen LogP contribution is -2.53. The van der Waals surface area contributed by atoms with Crippen LogP contribution in [-0.2, 0) is 16.0 Å². The van der Waals surface area contributed by atoms with E-state index < -0.39 is 6.10 Å². The van der Waals surface area contributed by atoms with Crippen molar-refractivity contribution in [1.29, 1.82) is 0 Å². The first-order valence-corrected chi connectivity index (χ1v) is 7.47. The molecule has 5 heteroatoms. The molecule has 1 heterocycles. The number of fused-ring (bicyclic) bond motifs is 1. The average Bonchev–Trinajstić information content (AvgIpc) is 2.85. The lowest BCUT2D eigenvalue weighted by atomic mass is 10.1. The van der Waals surface area contributed by atoms with Crippen LogP contribution in [0.3, 0.4) is 0 Å². The van der Waals surface area contributed by atoms with Gasteiger partial charge in [0.15, 0.2) is 0 Å². The van der Waals surface area contributed by atoms with Crippen LogP contribution in [0, 0.1) is 0 Å². The van der Waals surface area contributed by atoms with Gasteiger partial charge in [0.1, 0.15) is 6.61 Å². The molecule has 114 valence electrons. The molecular weight excluding hydrogens is 268 g/mol. The molecule has 0 bridgehead atoms. The molecule has 1 aliphatic heterocycles. The van der Waals surface area contributed by atoms with Crippen molar-refractivity contribution in [2.45, 2.75) is 18.6 Å². The van der Waals surface area contributed by atoms with E-state index in [1.807, 2.05) is 23.1 Å². The molecule has 2 aliphatic rings. The first-order chi connectivity index (χ1) is 10.2. The van der Waals surface area contributed by atoms with Crippen molar-refractivity contribution in [3.8, 4) is 0 Å². The van der Waals surface area contributed by atoms with Gasteiger partial charge in [-0.3, -0.25) is 9.69 Å². The third kappa shape index (κ3) is 2.81. The minimum Gasteiger partial charge on any atom is -0.387 e. The number of rotatable bonds is 3. The highest BCUT2D eigenvalue weighted by molar-refractivity contribution is 5.77. The van der Waals surface area contributed by atoms with Crippen molar-refractivity contribution in [2.24, 2.45) is 0 Å². The molecule has 0 radical (unpaired) electrons. The fourth-order valence-electron chi connectivity index (χ4n) is 3.40. The van der Waals surface area contributed by atoms with Gasteiger partial charge in [-0.25, -0.2) is 0 Å². The number of amides is 1. The van der Waals surface area contributed by atoms with Crippen molar-refractivity contribution in [3.63, 3.8) is 0 Å². The maximum atomic E-state index is 11.8. The van der Waals surface area contributed by atoms with Gasteiger partial charge in [-0.2, -0.15) is 0 Å². The van der Waals surface area contributed by atoms with Gasteiger partial charge in [-0.1, -0.05) is 24.3 Å². The Hall–Kier alpha value is -1.43. The molecule has 0 saturated carbocycles. The second kappa shape index (κ2) is 6.13. The Kier molecular flexibility index (Phi) is 4.24. The number of hydrogen-bond acceptors (Lipinski definition) is 4. The SMILES string of the molecule is COCC(=O)N1CCN(C2Cc3ccccc3C2O)CC1. The monoisotopic (exact) mass is 290 g/mol. The highest BCUT2D eigenvalue weighted by atomic mass is 16.5. The molecule has 21 heavy (non-hydrogen) atoms. The normalized spacial score (nSPS) is 25.9. The molecule has 5 nitrogen and oxygen atoms in total. The topological polar surface area (TPSA) is 53.0 Å².